The Bertz CT molecular complexity index is 623. The molecule has 2 aromatic rings. The molecule has 1 heterocycles. The lowest BCUT2D eigenvalue weighted by Crippen LogP contribution is -2.42. The number of nitrogens with zero attached hydrogens (tertiary/aromatic N) is 1. The molecular formula is C16H23NOSSi. The van der Waals surface area contributed by atoms with Gasteiger partial charge in [0.1, 0.15) is 0 Å². The molecule has 1 aromatic heterocycles. The highest BCUT2D eigenvalue weighted by Gasteiger charge is 2.29. The van der Waals surface area contributed by atoms with Crippen LogP contribution in [0.3, 0.4) is 0 Å². The second kappa shape index (κ2) is 5.70. The van der Waals surface area contributed by atoms with E-state index in [0.717, 1.165) is 24.0 Å². The van der Waals surface area contributed by atoms with Gasteiger partial charge in [-0.3, -0.25) is 4.79 Å². The third-order valence-corrected chi connectivity index (χ3v) is 8.28. The van der Waals surface area contributed by atoms with Crippen molar-refractivity contribution in [3.8, 4) is 0 Å². The van der Waals surface area contributed by atoms with Crippen molar-refractivity contribution in [1.29, 1.82) is 0 Å². The number of rotatable bonds is 4. The third-order valence-electron chi connectivity index (χ3n) is 3.54. The van der Waals surface area contributed by atoms with Gasteiger partial charge in [0, 0.05) is 27.7 Å². The van der Waals surface area contributed by atoms with Crippen molar-refractivity contribution in [2.75, 3.05) is 13.1 Å². The number of benzene rings is 1. The van der Waals surface area contributed by atoms with Crippen LogP contribution in [-0.4, -0.2) is 32.0 Å². The Morgan fingerprint density at radius 3 is 2.30 bits per heavy atom. The molecule has 0 aliphatic rings. The summed E-state index contributed by atoms with van der Waals surface area (Å²) in [7, 11) is -1.52. The number of carbonyl (C=O) groups is 1. The van der Waals surface area contributed by atoms with Gasteiger partial charge in [-0.2, -0.15) is 0 Å². The van der Waals surface area contributed by atoms with E-state index in [9.17, 15) is 4.79 Å². The highest BCUT2D eigenvalue weighted by Crippen LogP contribution is 2.28. The summed E-state index contributed by atoms with van der Waals surface area (Å²) in [5.74, 6) is 0.199. The van der Waals surface area contributed by atoms with Gasteiger partial charge < -0.3 is 4.90 Å². The molecule has 4 heteroatoms. The van der Waals surface area contributed by atoms with Gasteiger partial charge in [-0.15, -0.1) is 11.3 Å². The number of thiophene rings is 1. The molecule has 1 amide bonds. The number of carbonyl (C=O) groups excluding carboxylic acids is 1. The molecule has 20 heavy (non-hydrogen) atoms. The zero-order valence-corrected chi connectivity index (χ0v) is 14.8. The fourth-order valence-electron chi connectivity index (χ4n) is 2.45. The molecule has 0 saturated carbocycles. The van der Waals surface area contributed by atoms with E-state index in [4.69, 9.17) is 0 Å². The van der Waals surface area contributed by atoms with Crippen molar-refractivity contribution in [2.24, 2.45) is 0 Å². The summed E-state index contributed by atoms with van der Waals surface area (Å²) in [5.41, 5.74) is 0.966. The van der Waals surface area contributed by atoms with Crippen LogP contribution in [0.1, 0.15) is 24.2 Å². The summed E-state index contributed by atoms with van der Waals surface area (Å²) >= 11 is 1.81. The van der Waals surface area contributed by atoms with Crippen LogP contribution in [0.25, 0.3) is 10.1 Å². The number of fused-ring (bicyclic) bond motifs is 1. The first-order valence-corrected chi connectivity index (χ1v) is 11.5. The minimum Gasteiger partial charge on any atom is -0.339 e. The van der Waals surface area contributed by atoms with Crippen LogP contribution in [0.5, 0.6) is 0 Å². The Kier molecular flexibility index (Phi) is 4.35. The molecule has 0 spiro atoms. The standard InChI is InChI=1S/C16H23NOSSi/c1-6-17(7-2)15(18)14-12-10-8-9-11-13(12)19-16(14)20(3,4)5/h8-11H,6-7H2,1-5H3. The lowest BCUT2D eigenvalue weighted by Gasteiger charge is -2.22. The Morgan fingerprint density at radius 1 is 1.15 bits per heavy atom. The Hall–Kier alpha value is -1.13. The lowest BCUT2D eigenvalue weighted by atomic mass is 10.1. The number of hydrogen-bond donors (Lipinski definition) is 0. The van der Waals surface area contributed by atoms with Gasteiger partial charge in [-0.1, -0.05) is 37.8 Å². The maximum absolute atomic E-state index is 12.9. The van der Waals surface area contributed by atoms with Crippen LogP contribution in [0.4, 0.5) is 0 Å². The van der Waals surface area contributed by atoms with Crippen molar-refractivity contribution in [3.63, 3.8) is 0 Å². The zero-order chi connectivity index (χ0) is 14.9. The Balaban J connectivity index is 2.68. The molecule has 1 aromatic carbocycles. The van der Waals surface area contributed by atoms with Crippen molar-refractivity contribution < 1.29 is 4.79 Å². The van der Waals surface area contributed by atoms with Crippen LogP contribution >= 0.6 is 11.3 Å². The first-order valence-electron chi connectivity index (χ1n) is 7.21. The molecular weight excluding hydrogens is 282 g/mol. The van der Waals surface area contributed by atoms with Gasteiger partial charge in [-0.05, 0) is 19.9 Å². The molecule has 0 bridgehead atoms. The SMILES string of the molecule is CCN(CC)C(=O)c1c([Si](C)(C)C)sc2ccccc12. The minimum absolute atomic E-state index is 0.199. The van der Waals surface area contributed by atoms with E-state index in [1.54, 1.807) is 0 Å². The van der Waals surface area contributed by atoms with Crippen LogP contribution in [0.15, 0.2) is 24.3 Å². The first-order chi connectivity index (χ1) is 9.40. The Morgan fingerprint density at radius 2 is 1.75 bits per heavy atom. The van der Waals surface area contributed by atoms with Crippen molar-refractivity contribution in [1.82, 2.24) is 4.90 Å². The van der Waals surface area contributed by atoms with Gasteiger partial charge in [0.05, 0.1) is 13.6 Å². The normalized spacial score (nSPS) is 11.8. The van der Waals surface area contributed by atoms with E-state index >= 15 is 0 Å². The summed E-state index contributed by atoms with van der Waals surface area (Å²) in [6, 6.07) is 8.30. The largest absolute Gasteiger partial charge is 0.339 e. The molecule has 0 aliphatic heterocycles. The average Bonchev–Trinajstić information content (AvgIpc) is 2.79. The topological polar surface area (TPSA) is 20.3 Å². The van der Waals surface area contributed by atoms with E-state index in [-0.39, 0.29) is 5.91 Å². The smallest absolute Gasteiger partial charge is 0.255 e. The van der Waals surface area contributed by atoms with Gasteiger partial charge in [0.15, 0.2) is 0 Å². The van der Waals surface area contributed by atoms with Crippen molar-refractivity contribution in [2.45, 2.75) is 33.5 Å². The predicted molar refractivity (Wildman–Crippen MR) is 92.1 cm³/mol. The second-order valence-corrected chi connectivity index (χ2v) is 12.4. The van der Waals surface area contributed by atoms with Gasteiger partial charge >= 0.3 is 0 Å². The number of hydrogen-bond acceptors (Lipinski definition) is 2. The predicted octanol–water partition coefficient (Wildman–Crippen LogP) is 3.93. The van der Waals surface area contributed by atoms with Crippen LogP contribution in [0, 0.1) is 0 Å². The van der Waals surface area contributed by atoms with Gasteiger partial charge in [-0.25, -0.2) is 0 Å². The Labute approximate surface area is 126 Å². The summed E-state index contributed by atoms with van der Waals surface area (Å²) in [6.45, 7) is 12.6. The van der Waals surface area contributed by atoms with Crippen LogP contribution < -0.4 is 4.50 Å². The van der Waals surface area contributed by atoms with E-state index in [2.05, 4.69) is 37.8 Å². The van der Waals surface area contributed by atoms with Gasteiger partial charge in [0.25, 0.3) is 5.91 Å². The maximum atomic E-state index is 12.9. The van der Waals surface area contributed by atoms with Gasteiger partial charge in [0.2, 0.25) is 0 Å². The second-order valence-electron chi connectivity index (χ2n) is 6.03. The lowest BCUT2D eigenvalue weighted by molar-refractivity contribution is 0.0776. The summed E-state index contributed by atoms with van der Waals surface area (Å²) in [6.07, 6.45) is 0. The number of amides is 1. The summed E-state index contributed by atoms with van der Waals surface area (Å²) in [5, 5.41) is 1.13. The molecule has 2 rings (SSSR count). The molecule has 0 unspecified atom stereocenters. The molecule has 0 atom stereocenters. The minimum atomic E-state index is -1.52. The molecule has 0 radical (unpaired) electrons. The summed E-state index contributed by atoms with van der Waals surface area (Å²) in [4.78, 5) is 14.8. The third kappa shape index (κ3) is 2.67. The molecule has 0 saturated heterocycles. The molecule has 0 fully saturated rings. The molecule has 108 valence electrons. The fourth-order valence-corrected chi connectivity index (χ4v) is 5.95. The van der Waals surface area contributed by atoms with E-state index in [1.807, 2.05) is 36.2 Å². The summed E-state index contributed by atoms with van der Waals surface area (Å²) < 4.78 is 2.57. The van der Waals surface area contributed by atoms with Crippen LogP contribution in [0.2, 0.25) is 19.6 Å². The average molecular weight is 306 g/mol. The molecule has 0 N–H and O–H groups in total. The highest BCUT2D eigenvalue weighted by atomic mass is 32.1. The molecule has 0 aliphatic carbocycles. The monoisotopic (exact) mass is 305 g/mol. The van der Waals surface area contributed by atoms with E-state index in [0.29, 0.717) is 0 Å². The highest BCUT2D eigenvalue weighted by molar-refractivity contribution is 7.32. The van der Waals surface area contributed by atoms with E-state index in [1.165, 1.54) is 9.20 Å². The first kappa shape index (κ1) is 15.3. The quantitative estimate of drug-likeness (QED) is 0.784. The van der Waals surface area contributed by atoms with Crippen molar-refractivity contribution >= 4 is 39.9 Å². The van der Waals surface area contributed by atoms with Crippen LogP contribution in [-0.2, 0) is 0 Å². The molecule has 2 nitrogen and oxygen atoms in total. The van der Waals surface area contributed by atoms with E-state index < -0.39 is 8.07 Å². The van der Waals surface area contributed by atoms with Crippen molar-refractivity contribution in [3.05, 3.63) is 29.8 Å². The zero-order valence-electron chi connectivity index (χ0n) is 13.0. The fraction of sp³-hybridized carbons (Fsp3) is 0.438. The maximum Gasteiger partial charge on any atom is 0.255 e.